The number of nitrogens with zero attached hydrogens (tertiary/aromatic N) is 5. The number of aliphatic hydroxyl groups is 1. The van der Waals surface area contributed by atoms with E-state index in [1.807, 2.05) is 48.5 Å². The fraction of sp³-hybridized carbons (Fsp3) is 0.200. The van der Waals surface area contributed by atoms with E-state index in [4.69, 9.17) is 4.74 Å². The number of rotatable bonds is 7. The minimum Gasteiger partial charge on any atom is -0.396 e. The van der Waals surface area contributed by atoms with E-state index in [-0.39, 0.29) is 6.61 Å². The molecule has 142 valence electrons. The van der Waals surface area contributed by atoms with E-state index < -0.39 is 0 Å². The fourth-order valence-corrected chi connectivity index (χ4v) is 2.97. The molecule has 0 saturated carbocycles. The summed E-state index contributed by atoms with van der Waals surface area (Å²) >= 11 is 0. The Bertz CT molecular complexity index is 1090. The molecule has 0 aliphatic rings. The first kappa shape index (κ1) is 18.0. The summed E-state index contributed by atoms with van der Waals surface area (Å²) in [5, 5.41) is 20.7. The van der Waals surface area contributed by atoms with E-state index >= 15 is 0 Å². The van der Waals surface area contributed by atoms with Gasteiger partial charge in [0.1, 0.15) is 0 Å². The highest BCUT2D eigenvalue weighted by Crippen LogP contribution is 2.19. The van der Waals surface area contributed by atoms with Crippen molar-refractivity contribution in [1.29, 1.82) is 0 Å². The smallest absolute Gasteiger partial charge is 0.229 e. The molecule has 0 amide bonds. The van der Waals surface area contributed by atoms with Gasteiger partial charge in [0.2, 0.25) is 5.95 Å². The molecule has 8 nitrogen and oxygen atoms in total. The number of hydrogen-bond acceptors (Lipinski definition) is 7. The average Bonchev–Trinajstić information content (AvgIpc) is 3.12. The molecule has 0 fully saturated rings. The van der Waals surface area contributed by atoms with E-state index in [0.29, 0.717) is 30.1 Å². The largest absolute Gasteiger partial charge is 0.396 e. The van der Waals surface area contributed by atoms with Crippen LogP contribution in [0.1, 0.15) is 11.1 Å². The number of benzene rings is 2. The lowest BCUT2D eigenvalue weighted by Crippen LogP contribution is -2.02. The first-order chi connectivity index (χ1) is 13.8. The first-order valence-corrected chi connectivity index (χ1v) is 8.90. The van der Waals surface area contributed by atoms with E-state index in [9.17, 15) is 5.11 Å². The maximum Gasteiger partial charge on any atom is 0.229 e. The van der Waals surface area contributed by atoms with Crippen molar-refractivity contribution in [3.8, 4) is 5.69 Å². The summed E-state index contributed by atoms with van der Waals surface area (Å²) in [4.78, 5) is 8.92. The topological polar surface area (TPSA) is 98.0 Å². The molecule has 2 aromatic carbocycles. The normalized spacial score (nSPS) is 11.1. The molecule has 0 radical (unpaired) electrons. The second-order valence-electron chi connectivity index (χ2n) is 6.31. The summed E-state index contributed by atoms with van der Waals surface area (Å²) < 4.78 is 6.85. The highest BCUT2D eigenvalue weighted by Gasteiger charge is 2.11. The van der Waals surface area contributed by atoms with Gasteiger partial charge in [0.25, 0.3) is 0 Å². The maximum absolute atomic E-state index is 9.17. The van der Waals surface area contributed by atoms with Crippen LogP contribution < -0.4 is 5.32 Å². The van der Waals surface area contributed by atoms with Crippen molar-refractivity contribution in [2.45, 2.75) is 13.0 Å². The second kappa shape index (κ2) is 8.12. The number of aromatic nitrogens is 5. The van der Waals surface area contributed by atoms with Crippen LogP contribution in [0.2, 0.25) is 0 Å². The summed E-state index contributed by atoms with van der Waals surface area (Å²) in [6, 6.07) is 15.7. The third-order valence-electron chi connectivity index (χ3n) is 4.24. The van der Waals surface area contributed by atoms with Crippen molar-refractivity contribution < 1.29 is 9.84 Å². The summed E-state index contributed by atoms with van der Waals surface area (Å²) in [5.74, 6) is 0.456. The number of ether oxygens (including phenoxy) is 1. The molecule has 2 N–H and O–H groups in total. The van der Waals surface area contributed by atoms with Gasteiger partial charge in [-0.25, -0.2) is 4.98 Å². The Morgan fingerprint density at radius 1 is 1.11 bits per heavy atom. The predicted molar refractivity (Wildman–Crippen MR) is 106 cm³/mol. The van der Waals surface area contributed by atoms with Gasteiger partial charge in [0, 0.05) is 19.4 Å². The van der Waals surface area contributed by atoms with E-state index in [1.165, 1.54) is 0 Å². The molecule has 0 bridgehead atoms. The molecule has 0 aliphatic heterocycles. The molecule has 2 heterocycles. The van der Waals surface area contributed by atoms with Crippen molar-refractivity contribution in [1.82, 2.24) is 25.0 Å². The monoisotopic (exact) mass is 376 g/mol. The zero-order valence-electron chi connectivity index (χ0n) is 15.4. The molecular formula is C20H20N6O2. The lowest BCUT2D eigenvalue weighted by molar-refractivity contribution is 0.185. The van der Waals surface area contributed by atoms with Gasteiger partial charge in [0.15, 0.2) is 11.2 Å². The third kappa shape index (κ3) is 3.83. The molecule has 2 aromatic heterocycles. The first-order valence-electron chi connectivity index (χ1n) is 8.90. The van der Waals surface area contributed by atoms with Crippen LogP contribution in [-0.2, 0) is 17.8 Å². The van der Waals surface area contributed by atoms with Gasteiger partial charge in [-0.2, -0.15) is 9.67 Å². The molecule has 0 unspecified atom stereocenters. The van der Waals surface area contributed by atoms with Crippen LogP contribution in [0, 0.1) is 0 Å². The van der Waals surface area contributed by atoms with Gasteiger partial charge in [-0.05, 0) is 41.8 Å². The maximum atomic E-state index is 9.17. The Labute approximate surface area is 161 Å². The van der Waals surface area contributed by atoms with Crippen molar-refractivity contribution in [2.24, 2.45) is 0 Å². The minimum atomic E-state index is 0.0972. The summed E-state index contributed by atoms with van der Waals surface area (Å²) in [6.45, 7) is 0.635. The number of anilines is 2. The Morgan fingerprint density at radius 3 is 2.82 bits per heavy atom. The lowest BCUT2D eigenvalue weighted by atomic mass is 10.1. The van der Waals surface area contributed by atoms with Gasteiger partial charge in [-0.15, -0.1) is 5.10 Å². The zero-order chi connectivity index (χ0) is 19.3. The number of nitrogens with one attached hydrogen (secondary N) is 1. The average molecular weight is 376 g/mol. The number of fused-ring (bicyclic) bond motifs is 1. The Kier molecular flexibility index (Phi) is 5.22. The SMILES string of the molecule is COCc1cccc(Nc2ncc3nnn(-c4cccc(CCO)c4)c3n2)c1. The van der Waals surface area contributed by atoms with Crippen LogP contribution in [0.5, 0.6) is 0 Å². The van der Waals surface area contributed by atoms with Crippen molar-refractivity contribution >= 4 is 22.8 Å². The van der Waals surface area contributed by atoms with Gasteiger partial charge in [0.05, 0.1) is 18.5 Å². The molecular weight excluding hydrogens is 356 g/mol. The second-order valence-corrected chi connectivity index (χ2v) is 6.31. The van der Waals surface area contributed by atoms with Gasteiger partial charge < -0.3 is 15.2 Å². The standard InChI is InChI=1S/C20H20N6O2/c1-28-13-15-5-2-6-16(10-15)22-20-21-12-18-19(23-20)26(25-24-18)17-7-3-4-14(11-17)8-9-27/h2-7,10-12,27H,8-9,13H2,1H3,(H,21,22,23). The molecule has 28 heavy (non-hydrogen) atoms. The van der Waals surface area contributed by atoms with Gasteiger partial charge in [-0.1, -0.05) is 29.5 Å². The van der Waals surface area contributed by atoms with Crippen LogP contribution in [0.4, 0.5) is 11.6 Å². The highest BCUT2D eigenvalue weighted by molar-refractivity contribution is 5.72. The van der Waals surface area contributed by atoms with E-state index in [2.05, 4.69) is 25.6 Å². The number of aliphatic hydroxyl groups excluding tert-OH is 1. The quantitative estimate of drug-likeness (QED) is 0.512. The number of hydrogen-bond donors (Lipinski definition) is 2. The lowest BCUT2D eigenvalue weighted by Gasteiger charge is -2.08. The molecule has 0 atom stereocenters. The fourth-order valence-electron chi connectivity index (χ4n) is 2.97. The Hall–Kier alpha value is -3.36. The van der Waals surface area contributed by atoms with Crippen molar-refractivity contribution in [2.75, 3.05) is 19.0 Å². The molecule has 0 saturated heterocycles. The molecule has 4 rings (SSSR count). The highest BCUT2D eigenvalue weighted by atomic mass is 16.5. The molecule has 0 spiro atoms. The van der Waals surface area contributed by atoms with Crippen LogP contribution in [-0.4, -0.2) is 43.8 Å². The Balaban J connectivity index is 1.66. The van der Waals surface area contributed by atoms with Crippen LogP contribution in [0.25, 0.3) is 16.9 Å². The summed E-state index contributed by atoms with van der Waals surface area (Å²) in [6.07, 6.45) is 2.23. The van der Waals surface area contributed by atoms with Crippen molar-refractivity contribution in [3.63, 3.8) is 0 Å². The van der Waals surface area contributed by atoms with Crippen LogP contribution in [0.15, 0.2) is 54.7 Å². The summed E-state index contributed by atoms with van der Waals surface area (Å²) in [5.41, 5.74) is 4.99. The van der Waals surface area contributed by atoms with Crippen LogP contribution in [0.3, 0.4) is 0 Å². The third-order valence-corrected chi connectivity index (χ3v) is 4.24. The molecule has 8 heteroatoms. The number of methoxy groups -OCH3 is 1. The van der Waals surface area contributed by atoms with Crippen molar-refractivity contribution in [3.05, 3.63) is 65.9 Å². The molecule has 0 aliphatic carbocycles. The molecule has 4 aromatic rings. The zero-order valence-corrected chi connectivity index (χ0v) is 15.4. The van der Waals surface area contributed by atoms with Crippen LogP contribution >= 0.6 is 0 Å². The predicted octanol–water partition coefficient (Wildman–Crippen LogP) is 2.64. The summed E-state index contributed by atoms with van der Waals surface area (Å²) in [7, 11) is 1.67. The van der Waals surface area contributed by atoms with E-state index in [0.717, 1.165) is 22.5 Å². The van der Waals surface area contributed by atoms with Gasteiger partial charge in [-0.3, -0.25) is 0 Å². The Morgan fingerprint density at radius 2 is 1.96 bits per heavy atom. The van der Waals surface area contributed by atoms with E-state index in [1.54, 1.807) is 18.0 Å². The van der Waals surface area contributed by atoms with Gasteiger partial charge >= 0.3 is 0 Å². The minimum absolute atomic E-state index is 0.0972.